The maximum Gasteiger partial charge on any atom is 0.290 e. The molecule has 130 valence electrons. The smallest absolute Gasteiger partial charge is 0.290 e. The number of ether oxygens (including phenoxy) is 1. The summed E-state index contributed by atoms with van der Waals surface area (Å²) in [5, 5.41) is 6.89. The number of carbonyl (C=O) groups is 3. The Hall–Kier alpha value is -2.68. The Morgan fingerprint density at radius 2 is 2.12 bits per heavy atom. The van der Waals surface area contributed by atoms with Crippen molar-refractivity contribution in [2.75, 3.05) is 39.1 Å². The van der Waals surface area contributed by atoms with E-state index in [9.17, 15) is 9.59 Å². The molecule has 0 aromatic carbocycles. The number of hydrogen-bond donors (Lipinski definition) is 2. The molecule has 3 N–H and O–H groups in total. The molecule has 2 aliphatic rings. The first kappa shape index (κ1) is 17.7. The monoisotopic (exact) mass is 336 g/mol. The van der Waals surface area contributed by atoms with Gasteiger partial charge in [0, 0.05) is 20.1 Å². The zero-order valence-corrected chi connectivity index (χ0v) is 13.3. The molecule has 0 radical (unpaired) electrons. The van der Waals surface area contributed by atoms with Crippen LogP contribution in [0.25, 0.3) is 0 Å². The fraction of sp³-hybridized carbons (Fsp3) is 0.467. The van der Waals surface area contributed by atoms with Crippen molar-refractivity contribution in [3.63, 3.8) is 0 Å². The zero-order valence-electron chi connectivity index (χ0n) is 13.3. The van der Waals surface area contributed by atoms with Gasteiger partial charge in [0.1, 0.15) is 11.5 Å². The molecule has 1 aromatic rings. The predicted molar refractivity (Wildman–Crippen MR) is 84.1 cm³/mol. The third-order valence-electron chi connectivity index (χ3n) is 4.02. The van der Waals surface area contributed by atoms with Crippen LogP contribution in [0.15, 0.2) is 18.2 Å². The van der Waals surface area contributed by atoms with Gasteiger partial charge in [-0.05, 0) is 12.1 Å². The summed E-state index contributed by atoms with van der Waals surface area (Å²) in [6, 6.07) is 4.87. The van der Waals surface area contributed by atoms with Crippen LogP contribution in [0.2, 0.25) is 0 Å². The van der Waals surface area contributed by atoms with E-state index in [1.54, 1.807) is 35.0 Å². The second-order valence-electron chi connectivity index (χ2n) is 5.60. The fourth-order valence-electron chi connectivity index (χ4n) is 2.80. The first-order valence-corrected chi connectivity index (χ1v) is 7.42. The molecule has 3 heterocycles. The number of likely N-dealkylation sites (N-methyl/N-ethyl adjacent to an activating group) is 1. The van der Waals surface area contributed by atoms with Gasteiger partial charge in [-0.2, -0.15) is 0 Å². The lowest BCUT2D eigenvalue weighted by Gasteiger charge is -2.29. The molecule has 2 saturated heterocycles. The highest BCUT2D eigenvalue weighted by molar-refractivity contribution is 5.93. The van der Waals surface area contributed by atoms with E-state index in [0.717, 1.165) is 0 Å². The SMILES string of the molecule is CN1C(=O)[C@H]2COC[C@@H]1CN(C(=O)c1cccc(N)n1)C2.O=CO. The van der Waals surface area contributed by atoms with E-state index >= 15 is 0 Å². The second kappa shape index (κ2) is 7.73. The molecule has 9 heteroatoms. The molecule has 0 unspecified atom stereocenters. The van der Waals surface area contributed by atoms with Gasteiger partial charge in [-0.3, -0.25) is 14.4 Å². The summed E-state index contributed by atoms with van der Waals surface area (Å²) in [6.45, 7) is 1.36. The molecular formula is C15H20N4O5. The van der Waals surface area contributed by atoms with Crippen LogP contribution in [-0.2, 0) is 14.3 Å². The van der Waals surface area contributed by atoms with Crippen molar-refractivity contribution >= 4 is 24.1 Å². The van der Waals surface area contributed by atoms with Gasteiger partial charge in [-0.15, -0.1) is 0 Å². The maximum atomic E-state index is 12.6. The van der Waals surface area contributed by atoms with Crippen LogP contribution in [-0.4, -0.2) is 77.6 Å². The number of anilines is 1. The van der Waals surface area contributed by atoms with Gasteiger partial charge in [0.2, 0.25) is 5.91 Å². The molecule has 2 atom stereocenters. The number of rotatable bonds is 1. The first-order chi connectivity index (χ1) is 11.5. The van der Waals surface area contributed by atoms with Crippen molar-refractivity contribution in [1.29, 1.82) is 0 Å². The second-order valence-corrected chi connectivity index (χ2v) is 5.60. The average Bonchev–Trinajstić information content (AvgIpc) is 2.73. The topological polar surface area (TPSA) is 126 Å². The molecule has 2 bridgehead atoms. The van der Waals surface area contributed by atoms with Gasteiger partial charge in [-0.1, -0.05) is 6.07 Å². The lowest BCUT2D eigenvalue weighted by molar-refractivity contribution is -0.134. The standard InChI is InChI=1S/C14H18N4O3.CH2O2/c1-17-10-6-18(5-9(13(17)19)7-21-8-10)14(20)11-3-2-4-12(15)16-11;2-1-3/h2-4,9-10H,5-8H2,1H3,(H2,15,16);1H,(H,2,3)/t9-,10+;/m1./s1. The summed E-state index contributed by atoms with van der Waals surface area (Å²) in [7, 11) is 1.77. The van der Waals surface area contributed by atoms with Crippen LogP contribution < -0.4 is 5.73 Å². The van der Waals surface area contributed by atoms with Crippen LogP contribution >= 0.6 is 0 Å². The summed E-state index contributed by atoms with van der Waals surface area (Å²) in [6.07, 6.45) is 0. The van der Waals surface area contributed by atoms with Gasteiger partial charge in [0.05, 0.1) is 25.2 Å². The Morgan fingerprint density at radius 3 is 2.79 bits per heavy atom. The lowest BCUT2D eigenvalue weighted by atomic mass is 10.1. The minimum absolute atomic E-state index is 0.0355. The van der Waals surface area contributed by atoms with E-state index in [0.29, 0.717) is 37.8 Å². The molecule has 2 amide bonds. The van der Waals surface area contributed by atoms with Crippen molar-refractivity contribution in [1.82, 2.24) is 14.8 Å². The largest absolute Gasteiger partial charge is 0.483 e. The Kier molecular flexibility index (Phi) is 5.69. The van der Waals surface area contributed by atoms with Crippen molar-refractivity contribution < 1.29 is 24.2 Å². The Morgan fingerprint density at radius 1 is 1.42 bits per heavy atom. The van der Waals surface area contributed by atoms with Crippen molar-refractivity contribution in [2.24, 2.45) is 5.92 Å². The predicted octanol–water partition coefficient (Wildman–Crippen LogP) is -0.706. The molecule has 24 heavy (non-hydrogen) atoms. The van der Waals surface area contributed by atoms with Gasteiger partial charge < -0.3 is 25.4 Å². The fourth-order valence-corrected chi connectivity index (χ4v) is 2.80. The highest BCUT2D eigenvalue weighted by Gasteiger charge is 2.39. The Balaban J connectivity index is 0.000000647. The summed E-state index contributed by atoms with van der Waals surface area (Å²) >= 11 is 0. The van der Waals surface area contributed by atoms with Crippen molar-refractivity contribution in [3.05, 3.63) is 23.9 Å². The number of aromatic nitrogens is 1. The summed E-state index contributed by atoms with van der Waals surface area (Å²) < 4.78 is 5.52. The van der Waals surface area contributed by atoms with Gasteiger partial charge in [0.15, 0.2) is 0 Å². The molecular weight excluding hydrogens is 316 g/mol. The number of hydrogen-bond acceptors (Lipinski definition) is 6. The quantitative estimate of drug-likeness (QED) is 0.649. The Labute approximate surface area is 139 Å². The number of nitrogens with zero attached hydrogens (tertiary/aromatic N) is 3. The summed E-state index contributed by atoms with van der Waals surface area (Å²) in [5.74, 6) is -0.157. The van der Waals surface area contributed by atoms with E-state index in [1.165, 1.54) is 0 Å². The Bertz CT molecular complexity index is 624. The molecule has 0 aliphatic carbocycles. The molecule has 0 saturated carbocycles. The van der Waals surface area contributed by atoms with Crippen molar-refractivity contribution in [2.45, 2.75) is 6.04 Å². The molecule has 3 rings (SSSR count). The number of carboxylic acid groups (broad SMARTS) is 1. The third-order valence-corrected chi connectivity index (χ3v) is 4.02. The number of carbonyl (C=O) groups excluding carboxylic acids is 2. The molecule has 9 nitrogen and oxygen atoms in total. The lowest BCUT2D eigenvalue weighted by Crippen LogP contribution is -2.45. The van der Waals surface area contributed by atoms with Gasteiger partial charge in [-0.25, -0.2) is 4.98 Å². The minimum atomic E-state index is -0.312. The summed E-state index contributed by atoms with van der Waals surface area (Å²) in [4.78, 5) is 40.6. The van der Waals surface area contributed by atoms with Gasteiger partial charge >= 0.3 is 0 Å². The zero-order chi connectivity index (χ0) is 17.7. The summed E-state index contributed by atoms with van der Waals surface area (Å²) in [5.41, 5.74) is 5.94. The van der Waals surface area contributed by atoms with E-state index in [4.69, 9.17) is 20.4 Å². The van der Waals surface area contributed by atoms with Crippen LogP contribution in [0, 0.1) is 5.92 Å². The highest BCUT2D eigenvalue weighted by atomic mass is 16.5. The number of nitrogen functional groups attached to an aromatic ring is 1. The number of amides is 2. The third kappa shape index (κ3) is 3.80. The van der Waals surface area contributed by atoms with Crippen LogP contribution in [0.5, 0.6) is 0 Å². The van der Waals surface area contributed by atoms with E-state index < -0.39 is 0 Å². The molecule has 0 spiro atoms. The highest BCUT2D eigenvalue weighted by Crippen LogP contribution is 2.21. The average molecular weight is 336 g/mol. The number of pyridine rings is 1. The number of fused-ring (bicyclic) bond motifs is 3. The van der Waals surface area contributed by atoms with E-state index in [-0.39, 0.29) is 30.2 Å². The maximum absolute atomic E-state index is 12.6. The molecule has 2 aliphatic heterocycles. The van der Waals surface area contributed by atoms with Crippen LogP contribution in [0.4, 0.5) is 5.82 Å². The normalized spacial score (nSPS) is 23.0. The first-order valence-electron chi connectivity index (χ1n) is 7.42. The molecule has 1 aromatic heterocycles. The van der Waals surface area contributed by atoms with Crippen molar-refractivity contribution in [3.8, 4) is 0 Å². The van der Waals surface area contributed by atoms with Crippen LogP contribution in [0.3, 0.4) is 0 Å². The van der Waals surface area contributed by atoms with Gasteiger partial charge in [0.25, 0.3) is 12.4 Å². The van der Waals surface area contributed by atoms with E-state index in [2.05, 4.69) is 4.98 Å². The number of nitrogens with two attached hydrogens (primary N) is 1. The van der Waals surface area contributed by atoms with Crippen LogP contribution in [0.1, 0.15) is 10.5 Å². The van der Waals surface area contributed by atoms with E-state index in [1.807, 2.05) is 0 Å². The minimum Gasteiger partial charge on any atom is -0.483 e. The molecule has 2 fully saturated rings.